The van der Waals surface area contributed by atoms with Gasteiger partial charge in [-0.15, -0.1) is 0 Å². The molecule has 6 heteroatoms. The Kier molecular flexibility index (Phi) is 8.59. The SMILES string of the molecule is CCCCOc1ccc(/C=C2\SC(=Nc3ccc(CCCC)cc3)NC2=O)cc1OC. The lowest BCUT2D eigenvalue weighted by atomic mass is 10.1. The Bertz CT molecular complexity index is 952. The topological polar surface area (TPSA) is 59.9 Å². The van der Waals surface area contributed by atoms with Gasteiger partial charge in [-0.2, -0.15) is 0 Å². The number of ether oxygens (including phenoxy) is 2. The van der Waals surface area contributed by atoms with Crippen LogP contribution in [0, 0.1) is 0 Å². The van der Waals surface area contributed by atoms with Gasteiger partial charge in [0.25, 0.3) is 5.91 Å². The number of aliphatic imine (C=N–C) groups is 1. The number of nitrogens with zero attached hydrogens (tertiary/aromatic N) is 1. The molecule has 1 amide bonds. The molecular weight excluding hydrogens is 408 g/mol. The molecule has 1 fully saturated rings. The molecule has 1 aliphatic rings. The molecule has 2 aromatic rings. The maximum Gasteiger partial charge on any atom is 0.264 e. The lowest BCUT2D eigenvalue weighted by Gasteiger charge is -2.11. The van der Waals surface area contributed by atoms with Crippen LogP contribution < -0.4 is 14.8 Å². The van der Waals surface area contributed by atoms with E-state index in [1.807, 2.05) is 36.4 Å². The average molecular weight is 439 g/mol. The molecule has 5 nitrogen and oxygen atoms in total. The first-order chi connectivity index (χ1) is 15.1. The summed E-state index contributed by atoms with van der Waals surface area (Å²) in [6.45, 7) is 4.97. The zero-order valence-corrected chi connectivity index (χ0v) is 19.3. The number of methoxy groups -OCH3 is 1. The number of amides is 1. The molecule has 1 heterocycles. The number of carbonyl (C=O) groups excluding carboxylic acids is 1. The van der Waals surface area contributed by atoms with Gasteiger partial charge in [0, 0.05) is 0 Å². The third-order valence-corrected chi connectivity index (χ3v) is 5.79. The van der Waals surface area contributed by atoms with Gasteiger partial charge in [0.05, 0.1) is 24.3 Å². The van der Waals surface area contributed by atoms with Crippen LogP contribution in [-0.2, 0) is 11.2 Å². The molecule has 1 N–H and O–H groups in total. The van der Waals surface area contributed by atoms with Crippen molar-refractivity contribution >= 4 is 34.6 Å². The van der Waals surface area contributed by atoms with Gasteiger partial charge in [-0.1, -0.05) is 44.9 Å². The van der Waals surface area contributed by atoms with Crippen LogP contribution in [0.2, 0.25) is 0 Å². The molecular formula is C25H30N2O3S. The molecule has 164 valence electrons. The van der Waals surface area contributed by atoms with E-state index >= 15 is 0 Å². The van der Waals surface area contributed by atoms with Crippen LogP contribution >= 0.6 is 11.8 Å². The number of thioether (sulfide) groups is 1. The van der Waals surface area contributed by atoms with Crippen LogP contribution in [0.3, 0.4) is 0 Å². The molecule has 0 saturated carbocycles. The van der Waals surface area contributed by atoms with Gasteiger partial charge < -0.3 is 14.8 Å². The summed E-state index contributed by atoms with van der Waals surface area (Å²) in [4.78, 5) is 17.6. The maximum absolute atomic E-state index is 12.4. The van der Waals surface area contributed by atoms with Gasteiger partial charge >= 0.3 is 0 Å². The van der Waals surface area contributed by atoms with Crippen molar-refractivity contribution < 1.29 is 14.3 Å². The fraction of sp³-hybridized carbons (Fsp3) is 0.360. The third kappa shape index (κ3) is 6.62. The van der Waals surface area contributed by atoms with E-state index in [2.05, 4.69) is 36.3 Å². The van der Waals surface area contributed by atoms with E-state index in [9.17, 15) is 4.79 Å². The normalized spacial score (nSPS) is 16.0. The number of amidine groups is 1. The number of benzene rings is 2. The van der Waals surface area contributed by atoms with E-state index in [0.29, 0.717) is 28.2 Å². The van der Waals surface area contributed by atoms with Gasteiger partial charge in [0.15, 0.2) is 16.7 Å². The highest BCUT2D eigenvalue weighted by Crippen LogP contribution is 2.32. The second-order valence-electron chi connectivity index (χ2n) is 7.36. The quantitative estimate of drug-likeness (QED) is 0.359. The number of carbonyl (C=O) groups is 1. The van der Waals surface area contributed by atoms with Crippen LogP contribution in [0.5, 0.6) is 11.5 Å². The van der Waals surface area contributed by atoms with Crippen molar-refractivity contribution in [3.8, 4) is 11.5 Å². The van der Waals surface area contributed by atoms with Crippen molar-refractivity contribution in [3.63, 3.8) is 0 Å². The first-order valence-electron chi connectivity index (χ1n) is 10.8. The fourth-order valence-corrected chi connectivity index (χ4v) is 3.93. The summed E-state index contributed by atoms with van der Waals surface area (Å²) >= 11 is 1.34. The third-order valence-electron chi connectivity index (χ3n) is 4.88. The van der Waals surface area contributed by atoms with E-state index in [4.69, 9.17) is 9.47 Å². The minimum Gasteiger partial charge on any atom is -0.493 e. The van der Waals surface area contributed by atoms with Crippen molar-refractivity contribution in [3.05, 3.63) is 58.5 Å². The summed E-state index contributed by atoms with van der Waals surface area (Å²) in [5.74, 6) is 1.22. The summed E-state index contributed by atoms with van der Waals surface area (Å²) in [6.07, 6.45) is 7.36. The molecule has 1 aliphatic heterocycles. The van der Waals surface area contributed by atoms with Crippen LogP contribution in [0.25, 0.3) is 6.08 Å². The van der Waals surface area contributed by atoms with Crippen molar-refractivity contribution in [2.24, 2.45) is 4.99 Å². The molecule has 0 bridgehead atoms. The lowest BCUT2D eigenvalue weighted by molar-refractivity contribution is -0.115. The smallest absolute Gasteiger partial charge is 0.264 e. The second-order valence-corrected chi connectivity index (χ2v) is 8.39. The highest BCUT2D eigenvalue weighted by Gasteiger charge is 2.24. The predicted molar refractivity (Wildman–Crippen MR) is 129 cm³/mol. The minimum atomic E-state index is -0.148. The van der Waals surface area contributed by atoms with Gasteiger partial charge in [0.2, 0.25) is 0 Å². The van der Waals surface area contributed by atoms with Crippen molar-refractivity contribution in [2.75, 3.05) is 13.7 Å². The molecule has 2 aromatic carbocycles. The van der Waals surface area contributed by atoms with E-state index < -0.39 is 0 Å². The molecule has 31 heavy (non-hydrogen) atoms. The molecule has 0 unspecified atom stereocenters. The second kappa shape index (κ2) is 11.6. The zero-order valence-electron chi connectivity index (χ0n) is 18.4. The van der Waals surface area contributed by atoms with Gasteiger partial charge in [0.1, 0.15) is 0 Å². The monoisotopic (exact) mass is 438 g/mol. The molecule has 1 saturated heterocycles. The van der Waals surface area contributed by atoms with Crippen molar-refractivity contribution in [1.29, 1.82) is 0 Å². The van der Waals surface area contributed by atoms with E-state index in [-0.39, 0.29) is 5.91 Å². The number of aryl methyl sites for hydroxylation is 1. The average Bonchev–Trinajstić information content (AvgIpc) is 3.12. The summed E-state index contributed by atoms with van der Waals surface area (Å²) in [5.41, 5.74) is 3.02. The molecule has 0 spiro atoms. The number of rotatable bonds is 10. The summed E-state index contributed by atoms with van der Waals surface area (Å²) in [6, 6.07) is 13.9. The Morgan fingerprint density at radius 2 is 1.81 bits per heavy atom. The van der Waals surface area contributed by atoms with Crippen molar-refractivity contribution in [1.82, 2.24) is 5.32 Å². The first-order valence-corrected chi connectivity index (χ1v) is 11.6. The molecule has 0 aliphatic carbocycles. The summed E-state index contributed by atoms with van der Waals surface area (Å²) in [5, 5.41) is 3.43. The van der Waals surface area contributed by atoms with Gasteiger partial charge in [-0.25, -0.2) is 4.99 Å². The number of hydrogen-bond donors (Lipinski definition) is 1. The zero-order chi connectivity index (χ0) is 22.1. The fourth-order valence-electron chi connectivity index (χ4n) is 3.09. The standard InChI is InChI=1S/C25H30N2O3S/c1-4-6-8-18-9-12-20(13-10-18)26-25-27-24(28)23(31-25)17-19-11-14-21(22(16-19)29-3)30-15-7-5-2/h9-14,16-17H,4-8,15H2,1-3H3,(H,26,27,28)/b23-17-. The Hall–Kier alpha value is -2.73. The first kappa shape index (κ1) is 22.9. The number of nitrogens with one attached hydrogen (secondary N) is 1. The van der Waals surface area contributed by atoms with E-state index in [1.165, 1.54) is 30.2 Å². The summed E-state index contributed by atoms with van der Waals surface area (Å²) < 4.78 is 11.2. The van der Waals surface area contributed by atoms with Gasteiger partial charge in [-0.3, -0.25) is 4.79 Å². The van der Waals surface area contributed by atoms with E-state index in [1.54, 1.807) is 7.11 Å². The Labute approximate surface area is 188 Å². The Morgan fingerprint density at radius 3 is 2.52 bits per heavy atom. The van der Waals surface area contributed by atoms with Gasteiger partial charge in [-0.05, 0) is 72.5 Å². The number of unbranched alkanes of at least 4 members (excludes halogenated alkanes) is 2. The minimum absolute atomic E-state index is 0.148. The Balaban J connectivity index is 1.70. The predicted octanol–water partition coefficient (Wildman–Crippen LogP) is 6.11. The summed E-state index contributed by atoms with van der Waals surface area (Å²) in [7, 11) is 1.62. The largest absolute Gasteiger partial charge is 0.493 e. The molecule has 0 radical (unpaired) electrons. The highest BCUT2D eigenvalue weighted by molar-refractivity contribution is 8.18. The highest BCUT2D eigenvalue weighted by atomic mass is 32.2. The molecule has 0 aromatic heterocycles. The molecule has 3 rings (SSSR count). The Morgan fingerprint density at radius 1 is 1.03 bits per heavy atom. The van der Waals surface area contributed by atoms with E-state index in [0.717, 1.165) is 30.5 Å². The molecule has 0 atom stereocenters. The van der Waals surface area contributed by atoms with Crippen molar-refractivity contribution in [2.45, 2.75) is 46.0 Å². The van der Waals surface area contributed by atoms with Crippen LogP contribution in [-0.4, -0.2) is 24.8 Å². The number of hydrogen-bond acceptors (Lipinski definition) is 5. The van der Waals surface area contributed by atoms with Crippen LogP contribution in [0.4, 0.5) is 5.69 Å². The maximum atomic E-state index is 12.4. The van der Waals surface area contributed by atoms with Crippen LogP contribution in [0.1, 0.15) is 50.7 Å². The lowest BCUT2D eigenvalue weighted by Crippen LogP contribution is -2.19. The van der Waals surface area contributed by atoms with Crippen LogP contribution in [0.15, 0.2) is 52.4 Å².